The Balaban J connectivity index is 1.63. The molecule has 5 heteroatoms. The van der Waals surface area contributed by atoms with Crippen molar-refractivity contribution in [1.82, 2.24) is 10.3 Å². The summed E-state index contributed by atoms with van der Waals surface area (Å²) in [5, 5.41) is 24.7. The number of aromatic hydroxyl groups is 1. The summed E-state index contributed by atoms with van der Waals surface area (Å²) in [7, 11) is 1.66. The molecule has 3 aromatic rings. The molecule has 2 atom stereocenters. The quantitative estimate of drug-likeness (QED) is 0.609. The summed E-state index contributed by atoms with van der Waals surface area (Å²) < 4.78 is 5.17. The third-order valence-corrected chi connectivity index (χ3v) is 4.50. The number of methoxy groups -OCH3 is 1. The zero-order valence-electron chi connectivity index (χ0n) is 15.0. The minimum atomic E-state index is -0.680. The first kappa shape index (κ1) is 18.2. The van der Waals surface area contributed by atoms with Crippen LogP contribution in [0.2, 0.25) is 0 Å². The molecule has 2 aromatic carbocycles. The molecule has 1 aromatic heterocycles. The van der Waals surface area contributed by atoms with Gasteiger partial charge in [-0.25, -0.2) is 0 Å². The average Bonchev–Trinajstić information content (AvgIpc) is 2.67. The molecular formula is C21H24N2O3. The van der Waals surface area contributed by atoms with Crippen LogP contribution < -0.4 is 10.1 Å². The van der Waals surface area contributed by atoms with Gasteiger partial charge in [0.15, 0.2) is 0 Å². The van der Waals surface area contributed by atoms with Crippen molar-refractivity contribution < 1.29 is 14.9 Å². The second kappa shape index (κ2) is 8.17. The summed E-state index contributed by atoms with van der Waals surface area (Å²) in [6.45, 7) is 2.51. The fourth-order valence-electron chi connectivity index (χ4n) is 3.08. The van der Waals surface area contributed by atoms with Crippen LogP contribution in [0.1, 0.15) is 24.2 Å². The van der Waals surface area contributed by atoms with Gasteiger partial charge in [0.1, 0.15) is 17.0 Å². The van der Waals surface area contributed by atoms with Gasteiger partial charge in [0, 0.05) is 24.2 Å². The number of aliphatic hydroxyl groups is 1. The van der Waals surface area contributed by atoms with Crippen molar-refractivity contribution in [2.24, 2.45) is 0 Å². The highest BCUT2D eigenvalue weighted by Gasteiger charge is 2.15. The molecule has 0 radical (unpaired) electrons. The van der Waals surface area contributed by atoms with E-state index in [0.29, 0.717) is 12.1 Å². The number of rotatable bonds is 7. The molecule has 0 aliphatic rings. The molecule has 0 aliphatic heterocycles. The number of hydrogen-bond donors (Lipinski definition) is 3. The van der Waals surface area contributed by atoms with Crippen molar-refractivity contribution in [1.29, 1.82) is 0 Å². The molecule has 0 spiro atoms. The van der Waals surface area contributed by atoms with Crippen LogP contribution in [0.4, 0.5) is 0 Å². The second-order valence-electron chi connectivity index (χ2n) is 6.45. The van der Waals surface area contributed by atoms with Gasteiger partial charge >= 0.3 is 0 Å². The lowest BCUT2D eigenvalue weighted by Crippen LogP contribution is -2.32. The fraction of sp³-hybridized carbons (Fsp3) is 0.286. The van der Waals surface area contributed by atoms with Gasteiger partial charge in [0.2, 0.25) is 0 Å². The molecular weight excluding hydrogens is 328 g/mol. The molecule has 0 amide bonds. The number of fused-ring (bicyclic) bond motifs is 1. The number of hydrogen-bond acceptors (Lipinski definition) is 5. The standard InChI is InChI=1S/C21H24N2O3/c1-14(12-15-5-7-16(26-2)8-6-15)23-13-20(25)17-9-10-19(24)21-18(17)4-3-11-22-21/h3-11,14,20,23-25H,12-13H2,1-2H3/t14-,20+/m1/s1. The van der Waals surface area contributed by atoms with Gasteiger partial charge in [-0.2, -0.15) is 0 Å². The van der Waals surface area contributed by atoms with E-state index in [-0.39, 0.29) is 11.8 Å². The lowest BCUT2D eigenvalue weighted by molar-refractivity contribution is 0.172. The molecule has 3 rings (SSSR count). The molecule has 5 nitrogen and oxygen atoms in total. The van der Waals surface area contributed by atoms with Crippen LogP contribution in [0.3, 0.4) is 0 Å². The Morgan fingerprint density at radius 3 is 2.62 bits per heavy atom. The fourth-order valence-corrected chi connectivity index (χ4v) is 3.08. The number of aromatic nitrogens is 1. The van der Waals surface area contributed by atoms with E-state index in [1.807, 2.05) is 30.3 Å². The minimum absolute atomic E-state index is 0.123. The maximum atomic E-state index is 10.6. The van der Waals surface area contributed by atoms with Gasteiger partial charge < -0.3 is 20.3 Å². The number of nitrogens with one attached hydrogen (secondary N) is 1. The summed E-state index contributed by atoms with van der Waals surface area (Å²) in [6, 6.07) is 15.2. The summed E-state index contributed by atoms with van der Waals surface area (Å²) in [4.78, 5) is 4.20. The monoisotopic (exact) mass is 352 g/mol. The molecule has 3 N–H and O–H groups in total. The van der Waals surface area contributed by atoms with Crippen molar-refractivity contribution in [3.8, 4) is 11.5 Å². The number of phenolic OH excluding ortho intramolecular Hbond substituents is 1. The third-order valence-electron chi connectivity index (χ3n) is 4.50. The van der Waals surface area contributed by atoms with E-state index < -0.39 is 6.10 Å². The molecule has 136 valence electrons. The summed E-state index contributed by atoms with van der Waals surface area (Å²) in [6.07, 6.45) is 1.81. The van der Waals surface area contributed by atoms with E-state index in [1.54, 1.807) is 31.5 Å². The van der Waals surface area contributed by atoms with E-state index in [1.165, 1.54) is 5.56 Å². The number of phenols is 1. The smallest absolute Gasteiger partial charge is 0.141 e. The van der Waals surface area contributed by atoms with E-state index in [0.717, 1.165) is 23.1 Å². The summed E-state index contributed by atoms with van der Waals surface area (Å²) >= 11 is 0. The molecule has 0 unspecified atom stereocenters. The zero-order valence-corrected chi connectivity index (χ0v) is 15.0. The molecule has 0 saturated heterocycles. The largest absolute Gasteiger partial charge is 0.506 e. The molecule has 0 aliphatic carbocycles. The van der Waals surface area contributed by atoms with Gasteiger partial charge in [-0.05, 0) is 48.7 Å². The highest BCUT2D eigenvalue weighted by Crippen LogP contribution is 2.29. The Morgan fingerprint density at radius 2 is 1.88 bits per heavy atom. The van der Waals surface area contributed by atoms with E-state index >= 15 is 0 Å². The van der Waals surface area contributed by atoms with Gasteiger partial charge in [0.05, 0.1) is 13.2 Å². The summed E-state index contributed by atoms with van der Waals surface area (Å²) in [5.74, 6) is 0.968. The van der Waals surface area contributed by atoms with Crippen molar-refractivity contribution in [3.05, 3.63) is 65.9 Å². The Kier molecular flexibility index (Phi) is 5.71. The summed E-state index contributed by atoms with van der Waals surface area (Å²) in [5.41, 5.74) is 2.48. The highest BCUT2D eigenvalue weighted by atomic mass is 16.5. The highest BCUT2D eigenvalue weighted by molar-refractivity contribution is 5.87. The van der Waals surface area contributed by atoms with Crippen molar-refractivity contribution in [2.45, 2.75) is 25.5 Å². The van der Waals surface area contributed by atoms with Crippen molar-refractivity contribution in [3.63, 3.8) is 0 Å². The lowest BCUT2D eigenvalue weighted by Gasteiger charge is -2.19. The van der Waals surface area contributed by atoms with Crippen LogP contribution in [-0.2, 0) is 6.42 Å². The number of nitrogens with zero attached hydrogens (tertiary/aromatic N) is 1. The van der Waals surface area contributed by atoms with Crippen LogP contribution in [0.25, 0.3) is 10.9 Å². The predicted octanol–water partition coefficient (Wildman–Crippen LogP) is 3.20. The van der Waals surface area contributed by atoms with Crippen molar-refractivity contribution in [2.75, 3.05) is 13.7 Å². The Labute approximate surface area is 153 Å². The first-order valence-corrected chi connectivity index (χ1v) is 8.69. The Hall–Kier alpha value is -2.63. The van der Waals surface area contributed by atoms with E-state index in [2.05, 4.69) is 17.2 Å². The van der Waals surface area contributed by atoms with Gasteiger partial charge in [-0.15, -0.1) is 0 Å². The molecule has 0 fully saturated rings. The third kappa shape index (κ3) is 4.12. The van der Waals surface area contributed by atoms with E-state index in [4.69, 9.17) is 4.74 Å². The normalized spacial score (nSPS) is 13.5. The SMILES string of the molecule is COc1ccc(C[C@@H](C)NC[C@H](O)c2ccc(O)c3ncccc23)cc1. The predicted molar refractivity (Wildman–Crippen MR) is 103 cm³/mol. The van der Waals surface area contributed by atoms with E-state index in [9.17, 15) is 10.2 Å². The second-order valence-corrected chi connectivity index (χ2v) is 6.45. The number of ether oxygens (including phenoxy) is 1. The van der Waals surface area contributed by atoms with Crippen LogP contribution in [0.15, 0.2) is 54.7 Å². The first-order valence-electron chi connectivity index (χ1n) is 8.69. The number of aliphatic hydroxyl groups excluding tert-OH is 1. The lowest BCUT2D eigenvalue weighted by atomic mass is 10.0. The molecule has 26 heavy (non-hydrogen) atoms. The molecule has 0 bridgehead atoms. The Morgan fingerprint density at radius 1 is 1.12 bits per heavy atom. The first-order chi connectivity index (χ1) is 12.6. The minimum Gasteiger partial charge on any atom is -0.506 e. The number of pyridine rings is 1. The zero-order chi connectivity index (χ0) is 18.5. The van der Waals surface area contributed by atoms with Crippen molar-refractivity contribution >= 4 is 10.9 Å². The maximum Gasteiger partial charge on any atom is 0.141 e. The van der Waals surface area contributed by atoms with Crippen LogP contribution >= 0.6 is 0 Å². The molecule has 0 saturated carbocycles. The van der Waals surface area contributed by atoms with Gasteiger partial charge in [-0.1, -0.05) is 24.3 Å². The number of benzene rings is 2. The topological polar surface area (TPSA) is 74.6 Å². The average molecular weight is 352 g/mol. The molecule has 1 heterocycles. The maximum absolute atomic E-state index is 10.6. The van der Waals surface area contributed by atoms with Gasteiger partial charge in [-0.3, -0.25) is 4.98 Å². The Bertz CT molecular complexity index is 865. The van der Waals surface area contributed by atoms with Crippen LogP contribution in [0, 0.1) is 0 Å². The van der Waals surface area contributed by atoms with Gasteiger partial charge in [0.25, 0.3) is 0 Å². The van der Waals surface area contributed by atoms with Crippen LogP contribution in [0.5, 0.6) is 11.5 Å². The van der Waals surface area contributed by atoms with Crippen LogP contribution in [-0.4, -0.2) is 34.9 Å².